The Hall–Kier alpha value is -4.08. The number of aromatic nitrogens is 5. The summed E-state index contributed by atoms with van der Waals surface area (Å²) in [6.07, 6.45) is 0.778. The second-order valence-corrected chi connectivity index (χ2v) is 8.06. The number of rotatable bonds is 5. The number of aryl methyl sites for hydroxylation is 2. The molecule has 0 radical (unpaired) electrons. The van der Waals surface area contributed by atoms with Gasteiger partial charge in [-0.25, -0.2) is 9.97 Å². The molecule has 0 spiro atoms. The monoisotopic (exact) mass is 466 g/mol. The third-order valence-electron chi connectivity index (χ3n) is 5.93. The highest BCUT2D eigenvalue weighted by molar-refractivity contribution is 6.09. The molecule has 3 heterocycles. The molecular weight excluding hydrogens is 445 g/mol. The fourth-order valence-corrected chi connectivity index (χ4v) is 4.11. The summed E-state index contributed by atoms with van der Waals surface area (Å²) in [5, 5.41) is 3.70. The minimum absolute atomic E-state index is 0.212. The van der Waals surface area contributed by atoms with Gasteiger partial charge in [0.15, 0.2) is 5.65 Å². The first-order valence-corrected chi connectivity index (χ1v) is 10.6. The molecule has 1 N–H and O–H groups in total. The van der Waals surface area contributed by atoms with Crippen molar-refractivity contribution in [2.45, 2.75) is 19.6 Å². The minimum Gasteiger partial charge on any atom is -0.350 e. The largest absolute Gasteiger partial charge is 0.416 e. The highest BCUT2D eigenvalue weighted by Gasteiger charge is 2.30. The zero-order chi connectivity index (χ0) is 24.0. The first-order valence-electron chi connectivity index (χ1n) is 10.6. The second kappa shape index (κ2) is 8.05. The van der Waals surface area contributed by atoms with Crippen LogP contribution < -0.4 is 5.32 Å². The van der Waals surface area contributed by atoms with Crippen LogP contribution in [0.5, 0.6) is 0 Å². The second-order valence-electron chi connectivity index (χ2n) is 8.06. The van der Waals surface area contributed by atoms with Crippen molar-refractivity contribution in [2.24, 2.45) is 7.05 Å². The Morgan fingerprint density at radius 3 is 2.56 bits per heavy atom. The molecule has 0 saturated heterocycles. The van der Waals surface area contributed by atoms with E-state index in [1.54, 1.807) is 30.7 Å². The van der Waals surface area contributed by atoms with E-state index >= 15 is 0 Å². The molecule has 0 aliphatic rings. The first kappa shape index (κ1) is 21.7. The van der Waals surface area contributed by atoms with Gasteiger partial charge in [-0.3, -0.25) is 9.36 Å². The molecule has 0 bridgehead atoms. The highest BCUT2D eigenvalue weighted by Crippen LogP contribution is 2.34. The lowest BCUT2D eigenvalue weighted by atomic mass is 10.1. The SMILES string of the molecule is Cc1nc2c(c3cc(C(=O)NCCn4ccnc4)ccc3n2-c2ccc(C(F)(F)F)cc2)n1C. The van der Waals surface area contributed by atoms with E-state index in [9.17, 15) is 18.0 Å². The normalized spacial score (nSPS) is 12.0. The van der Waals surface area contributed by atoms with E-state index in [1.165, 1.54) is 12.1 Å². The number of nitrogens with one attached hydrogen (secondary N) is 1. The molecule has 0 saturated carbocycles. The summed E-state index contributed by atoms with van der Waals surface area (Å²) in [6, 6.07) is 10.3. The number of carbonyl (C=O) groups excluding carboxylic acids is 1. The standard InChI is InChI=1S/C24H21F3N6O/c1-15-30-22-21(31(15)2)19-13-16(23(34)29-10-12-32-11-9-28-14-32)3-8-20(19)33(22)18-6-4-17(5-7-18)24(25,26)27/h3-9,11,13-14H,10,12H2,1-2H3,(H,29,34). The van der Waals surface area contributed by atoms with E-state index in [2.05, 4.69) is 15.3 Å². The zero-order valence-corrected chi connectivity index (χ0v) is 18.5. The molecule has 2 aromatic carbocycles. The number of benzene rings is 2. The lowest BCUT2D eigenvalue weighted by Gasteiger charge is -2.10. The Morgan fingerprint density at radius 1 is 1.12 bits per heavy atom. The fourth-order valence-electron chi connectivity index (χ4n) is 4.11. The minimum atomic E-state index is -4.41. The predicted molar refractivity (Wildman–Crippen MR) is 122 cm³/mol. The van der Waals surface area contributed by atoms with Gasteiger partial charge in [-0.1, -0.05) is 0 Å². The average molecular weight is 466 g/mol. The molecule has 34 heavy (non-hydrogen) atoms. The molecule has 0 aliphatic carbocycles. The maximum Gasteiger partial charge on any atom is 0.416 e. The van der Waals surface area contributed by atoms with E-state index in [4.69, 9.17) is 0 Å². The van der Waals surface area contributed by atoms with Crippen molar-refractivity contribution in [3.8, 4) is 5.69 Å². The smallest absolute Gasteiger partial charge is 0.350 e. The Balaban J connectivity index is 1.54. The number of halogens is 3. The van der Waals surface area contributed by atoms with Gasteiger partial charge >= 0.3 is 6.18 Å². The summed E-state index contributed by atoms with van der Waals surface area (Å²) >= 11 is 0. The molecule has 3 aromatic heterocycles. The molecular formula is C24H21F3N6O. The summed E-state index contributed by atoms with van der Waals surface area (Å²) < 4.78 is 44.7. The van der Waals surface area contributed by atoms with E-state index in [0.29, 0.717) is 30.0 Å². The van der Waals surface area contributed by atoms with Crippen molar-refractivity contribution in [3.63, 3.8) is 0 Å². The predicted octanol–water partition coefficient (Wildman–Crippen LogP) is 4.47. The number of carbonyl (C=O) groups is 1. The number of fused-ring (bicyclic) bond motifs is 3. The van der Waals surface area contributed by atoms with Gasteiger partial charge in [-0.15, -0.1) is 0 Å². The van der Waals surface area contributed by atoms with Crippen LogP contribution in [0.3, 0.4) is 0 Å². The number of alkyl halides is 3. The number of nitrogens with zero attached hydrogens (tertiary/aromatic N) is 5. The Kier molecular flexibility index (Phi) is 5.15. The van der Waals surface area contributed by atoms with Gasteiger partial charge in [0.1, 0.15) is 5.82 Å². The lowest BCUT2D eigenvalue weighted by Crippen LogP contribution is -2.26. The molecule has 174 valence electrons. The summed E-state index contributed by atoms with van der Waals surface area (Å²) in [5.74, 6) is 0.541. The van der Waals surface area contributed by atoms with Crippen molar-refractivity contribution in [2.75, 3.05) is 6.54 Å². The molecule has 5 rings (SSSR count). The molecule has 1 amide bonds. The molecule has 0 atom stereocenters. The number of hydrogen-bond acceptors (Lipinski definition) is 3. The highest BCUT2D eigenvalue weighted by atomic mass is 19.4. The van der Waals surface area contributed by atoms with Gasteiger partial charge in [0, 0.05) is 49.2 Å². The fraction of sp³-hybridized carbons (Fsp3) is 0.208. The van der Waals surface area contributed by atoms with Crippen LogP contribution in [0.1, 0.15) is 21.7 Å². The molecule has 0 aliphatic heterocycles. The van der Waals surface area contributed by atoms with Gasteiger partial charge in [0.25, 0.3) is 5.91 Å². The van der Waals surface area contributed by atoms with Gasteiger partial charge < -0.3 is 14.5 Å². The molecule has 10 heteroatoms. The van der Waals surface area contributed by atoms with Gasteiger partial charge in [0.05, 0.1) is 22.9 Å². The van der Waals surface area contributed by atoms with Crippen LogP contribution >= 0.6 is 0 Å². The molecule has 0 fully saturated rings. The molecule has 5 aromatic rings. The van der Waals surface area contributed by atoms with Crippen molar-refractivity contribution in [1.82, 2.24) is 29.0 Å². The summed E-state index contributed by atoms with van der Waals surface area (Å²) in [6.45, 7) is 2.90. The average Bonchev–Trinajstić information content (AvgIpc) is 3.50. The first-order chi connectivity index (χ1) is 16.2. The van der Waals surface area contributed by atoms with Crippen LogP contribution in [-0.4, -0.2) is 36.1 Å². The lowest BCUT2D eigenvalue weighted by molar-refractivity contribution is -0.137. The van der Waals surface area contributed by atoms with Crippen LogP contribution in [0.4, 0.5) is 13.2 Å². The van der Waals surface area contributed by atoms with Gasteiger partial charge in [-0.2, -0.15) is 13.2 Å². The number of hydrogen-bond donors (Lipinski definition) is 1. The summed E-state index contributed by atoms with van der Waals surface area (Å²) in [7, 11) is 1.87. The van der Waals surface area contributed by atoms with Crippen molar-refractivity contribution in [3.05, 3.63) is 78.1 Å². The topological polar surface area (TPSA) is 69.7 Å². The van der Waals surface area contributed by atoms with Crippen molar-refractivity contribution < 1.29 is 18.0 Å². The quantitative estimate of drug-likeness (QED) is 0.416. The van der Waals surface area contributed by atoms with E-state index < -0.39 is 11.7 Å². The van der Waals surface area contributed by atoms with Crippen molar-refractivity contribution >= 4 is 28.0 Å². The zero-order valence-electron chi connectivity index (χ0n) is 18.5. The van der Waals surface area contributed by atoms with Crippen LogP contribution in [0.25, 0.3) is 27.8 Å². The van der Waals surface area contributed by atoms with Crippen LogP contribution in [0.2, 0.25) is 0 Å². The number of imidazole rings is 2. The maximum atomic E-state index is 13.0. The van der Waals surface area contributed by atoms with Crippen LogP contribution in [0.15, 0.2) is 61.2 Å². The number of amides is 1. The summed E-state index contributed by atoms with van der Waals surface area (Å²) in [5.41, 5.74) is 2.51. The molecule has 0 unspecified atom stereocenters. The Morgan fingerprint density at radius 2 is 1.88 bits per heavy atom. The van der Waals surface area contributed by atoms with E-state index in [1.807, 2.05) is 33.9 Å². The van der Waals surface area contributed by atoms with Gasteiger partial charge in [0.2, 0.25) is 0 Å². The Labute approximate surface area is 192 Å². The van der Waals surface area contributed by atoms with Crippen molar-refractivity contribution in [1.29, 1.82) is 0 Å². The third-order valence-corrected chi connectivity index (χ3v) is 5.93. The van der Waals surface area contributed by atoms with E-state index in [0.717, 1.165) is 34.4 Å². The maximum absolute atomic E-state index is 13.0. The third kappa shape index (κ3) is 3.70. The van der Waals surface area contributed by atoms with Crippen LogP contribution in [0, 0.1) is 6.92 Å². The van der Waals surface area contributed by atoms with Gasteiger partial charge in [-0.05, 0) is 49.4 Å². The summed E-state index contributed by atoms with van der Waals surface area (Å²) in [4.78, 5) is 21.4. The molecule has 7 nitrogen and oxygen atoms in total. The van der Waals surface area contributed by atoms with Crippen LogP contribution in [-0.2, 0) is 19.8 Å². The van der Waals surface area contributed by atoms with E-state index in [-0.39, 0.29) is 5.91 Å². The Bertz CT molecular complexity index is 1490.